The van der Waals surface area contributed by atoms with E-state index >= 15 is 0 Å². The Kier molecular flexibility index (Phi) is 6.41. The quantitative estimate of drug-likeness (QED) is 0.588. The van der Waals surface area contributed by atoms with E-state index in [1.54, 1.807) is 0 Å². The van der Waals surface area contributed by atoms with Gasteiger partial charge in [0, 0.05) is 19.5 Å². The lowest BCUT2D eigenvalue weighted by Crippen LogP contribution is -2.34. The maximum atomic E-state index is 9.33. The fourth-order valence-corrected chi connectivity index (χ4v) is 3.91. The van der Waals surface area contributed by atoms with Crippen LogP contribution in [-0.2, 0) is 13.0 Å². The fourth-order valence-electron chi connectivity index (χ4n) is 3.91. The second-order valence-corrected chi connectivity index (χ2v) is 7.81. The minimum atomic E-state index is 0.229. The van der Waals surface area contributed by atoms with E-state index in [9.17, 15) is 5.26 Å². The zero-order valence-corrected chi connectivity index (χ0v) is 17.3. The topological polar surface area (TPSA) is 75.2 Å². The van der Waals surface area contributed by atoms with Gasteiger partial charge in [0.2, 0.25) is 5.89 Å². The average Bonchev–Trinajstić information content (AvgIpc) is 3.23. The van der Waals surface area contributed by atoms with Gasteiger partial charge in [0.1, 0.15) is 5.75 Å². The molecule has 154 valence electrons. The Labute approximate surface area is 177 Å². The van der Waals surface area contributed by atoms with Crippen LogP contribution < -0.4 is 4.74 Å². The molecule has 0 bridgehead atoms. The van der Waals surface area contributed by atoms with E-state index in [4.69, 9.17) is 9.26 Å². The van der Waals surface area contributed by atoms with Crippen LogP contribution in [0.2, 0.25) is 0 Å². The summed E-state index contributed by atoms with van der Waals surface area (Å²) in [4.78, 5) is 6.99. The number of hydrogen-bond acceptors (Lipinski definition) is 6. The smallest absolute Gasteiger partial charge is 0.231 e. The SMILES string of the molecule is Cc1cccc(OCCc2noc(C3CCCN(Cc4ccccc4C#N)C3)n2)c1. The van der Waals surface area contributed by atoms with Gasteiger partial charge in [-0.3, -0.25) is 4.90 Å². The van der Waals surface area contributed by atoms with Crippen molar-refractivity contribution in [3.63, 3.8) is 0 Å². The number of ether oxygens (including phenoxy) is 1. The highest BCUT2D eigenvalue weighted by Gasteiger charge is 2.26. The second kappa shape index (κ2) is 9.55. The van der Waals surface area contributed by atoms with E-state index in [0.717, 1.165) is 49.4 Å². The molecule has 0 radical (unpaired) electrons. The van der Waals surface area contributed by atoms with E-state index in [0.29, 0.717) is 24.7 Å². The molecule has 1 unspecified atom stereocenters. The van der Waals surface area contributed by atoms with Gasteiger partial charge in [0.25, 0.3) is 0 Å². The molecule has 1 saturated heterocycles. The molecule has 1 aliphatic rings. The van der Waals surface area contributed by atoms with E-state index in [-0.39, 0.29) is 5.92 Å². The lowest BCUT2D eigenvalue weighted by molar-refractivity contribution is 0.180. The summed E-state index contributed by atoms with van der Waals surface area (Å²) in [5.41, 5.74) is 2.99. The Balaban J connectivity index is 1.32. The van der Waals surface area contributed by atoms with Crippen molar-refractivity contribution in [1.29, 1.82) is 5.26 Å². The molecule has 30 heavy (non-hydrogen) atoms. The molecule has 1 fully saturated rings. The number of benzene rings is 2. The molecule has 1 atom stereocenters. The normalized spacial score (nSPS) is 16.9. The predicted octanol–water partition coefficient (Wildman–Crippen LogP) is 4.25. The summed E-state index contributed by atoms with van der Waals surface area (Å²) >= 11 is 0. The first-order valence-corrected chi connectivity index (χ1v) is 10.4. The minimum absolute atomic E-state index is 0.229. The summed E-state index contributed by atoms with van der Waals surface area (Å²) in [6, 6.07) is 18.1. The van der Waals surface area contributed by atoms with Crippen molar-refractivity contribution in [3.8, 4) is 11.8 Å². The molecule has 1 aromatic heterocycles. The van der Waals surface area contributed by atoms with Crippen LogP contribution in [0, 0.1) is 18.3 Å². The van der Waals surface area contributed by atoms with Gasteiger partial charge in [-0.15, -0.1) is 0 Å². The first-order chi connectivity index (χ1) is 14.7. The Morgan fingerprint density at radius 2 is 2.13 bits per heavy atom. The standard InChI is InChI=1S/C24H26N4O2/c1-18-6-4-10-22(14-18)29-13-11-23-26-24(30-27-23)21-9-5-12-28(17-21)16-20-8-3-2-7-19(20)15-25/h2-4,6-8,10,14,21H,5,9,11-13,16-17H2,1H3. The summed E-state index contributed by atoms with van der Waals surface area (Å²) in [5, 5.41) is 13.5. The first-order valence-electron chi connectivity index (χ1n) is 10.4. The fraction of sp³-hybridized carbons (Fsp3) is 0.375. The van der Waals surface area contributed by atoms with Crippen molar-refractivity contribution >= 4 is 0 Å². The van der Waals surface area contributed by atoms with E-state index < -0.39 is 0 Å². The third kappa shape index (κ3) is 5.05. The first kappa shape index (κ1) is 20.1. The minimum Gasteiger partial charge on any atom is -0.493 e. The largest absolute Gasteiger partial charge is 0.493 e. The van der Waals surface area contributed by atoms with Gasteiger partial charge in [-0.05, 0) is 55.6 Å². The summed E-state index contributed by atoms with van der Waals surface area (Å²) in [6.45, 7) is 5.21. The number of aryl methyl sites for hydroxylation is 1. The van der Waals surface area contributed by atoms with Gasteiger partial charge >= 0.3 is 0 Å². The zero-order valence-electron chi connectivity index (χ0n) is 17.3. The molecule has 1 aliphatic heterocycles. The molecule has 4 rings (SSSR count). The van der Waals surface area contributed by atoms with Crippen LogP contribution in [0.4, 0.5) is 0 Å². The van der Waals surface area contributed by atoms with Gasteiger partial charge in [0.05, 0.1) is 24.2 Å². The Bertz CT molecular complexity index is 1020. The summed E-state index contributed by atoms with van der Waals surface area (Å²) in [5.74, 6) is 2.48. The van der Waals surface area contributed by atoms with Crippen molar-refractivity contribution in [2.75, 3.05) is 19.7 Å². The number of nitrogens with zero attached hydrogens (tertiary/aromatic N) is 4. The molecule has 2 aromatic carbocycles. The van der Waals surface area contributed by atoms with Crippen LogP contribution in [0.25, 0.3) is 0 Å². The highest BCUT2D eigenvalue weighted by molar-refractivity contribution is 5.37. The molecule has 6 nitrogen and oxygen atoms in total. The number of aromatic nitrogens is 2. The van der Waals surface area contributed by atoms with Crippen molar-refractivity contribution in [2.45, 2.75) is 38.6 Å². The Morgan fingerprint density at radius 1 is 1.23 bits per heavy atom. The Morgan fingerprint density at radius 3 is 3.00 bits per heavy atom. The molecule has 0 aliphatic carbocycles. The molecule has 3 aromatic rings. The van der Waals surface area contributed by atoms with Gasteiger partial charge < -0.3 is 9.26 Å². The molecule has 0 spiro atoms. The number of nitriles is 1. The molecule has 0 N–H and O–H groups in total. The van der Waals surface area contributed by atoms with Gasteiger partial charge in [0.15, 0.2) is 5.82 Å². The molecule has 6 heteroatoms. The number of hydrogen-bond donors (Lipinski definition) is 0. The van der Waals surface area contributed by atoms with Crippen LogP contribution in [-0.4, -0.2) is 34.7 Å². The lowest BCUT2D eigenvalue weighted by Gasteiger charge is -2.31. The molecular formula is C24H26N4O2. The third-order valence-electron chi connectivity index (χ3n) is 5.45. The predicted molar refractivity (Wildman–Crippen MR) is 113 cm³/mol. The summed E-state index contributed by atoms with van der Waals surface area (Å²) in [6.07, 6.45) is 2.73. The summed E-state index contributed by atoms with van der Waals surface area (Å²) < 4.78 is 11.4. The summed E-state index contributed by atoms with van der Waals surface area (Å²) in [7, 11) is 0. The Hall–Kier alpha value is -3.17. The van der Waals surface area contributed by atoms with Gasteiger partial charge in [-0.1, -0.05) is 35.5 Å². The van der Waals surface area contributed by atoms with Gasteiger partial charge in [-0.2, -0.15) is 10.2 Å². The highest BCUT2D eigenvalue weighted by atomic mass is 16.5. The molecule has 2 heterocycles. The van der Waals surface area contributed by atoms with Crippen LogP contribution in [0.3, 0.4) is 0 Å². The van der Waals surface area contributed by atoms with E-state index in [1.165, 1.54) is 5.56 Å². The maximum absolute atomic E-state index is 9.33. The highest BCUT2D eigenvalue weighted by Crippen LogP contribution is 2.27. The third-order valence-corrected chi connectivity index (χ3v) is 5.45. The van der Waals surface area contributed by atoms with Crippen molar-refractivity contribution in [3.05, 3.63) is 76.9 Å². The van der Waals surface area contributed by atoms with Crippen LogP contribution >= 0.6 is 0 Å². The van der Waals surface area contributed by atoms with Crippen molar-refractivity contribution in [1.82, 2.24) is 15.0 Å². The van der Waals surface area contributed by atoms with Crippen molar-refractivity contribution < 1.29 is 9.26 Å². The van der Waals surface area contributed by atoms with Gasteiger partial charge in [-0.25, -0.2) is 0 Å². The van der Waals surface area contributed by atoms with Crippen LogP contribution in [0.15, 0.2) is 53.1 Å². The maximum Gasteiger partial charge on any atom is 0.231 e. The van der Waals surface area contributed by atoms with E-state index in [1.807, 2.05) is 55.5 Å². The zero-order chi connectivity index (χ0) is 20.8. The average molecular weight is 402 g/mol. The van der Waals surface area contributed by atoms with Crippen LogP contribution in [0.1, 0.15) is 47.2 Å². The number of rotatable bonds is 7. The molecular weight excluding hydrogens is 376 g/mol. The molecule has 0 amide bonds. The number of likely N-dealkylation sites (tertiary alicyclic amines) is 1. The second-order valence-electron chi connectivity index (χ2n) is 7.81. The number of piperidine rings is 1. The van der Waals surface area contributed by atoms with Crippen LogP contribution in [0.5, 0.6) is 5.75 Å². The lowest BCUT2D eigenvalue weighted by atomic mass is 9.97. The monoisotopic (exact) mass is 402 g/mol. The van der Waals surface area contributed by atoms with E-state index in [2.05, 4.69) is 21.1 Å². The molecule has 0 saturated carbocycles. The van der Waals surface area contributed by atoms with Crippen molar-refractivity contribution in [2.24, 2.45) is 0 Å².